The number of aliphatic hydroxyl groups is 1. The molecule has 1 atom stereocenters. The number of nitrogens with one attached hydrogen (secondary N) is 1. The van der Waals surface area contributed by atoms with E-state index in [0.717, 1.165) is 12.8 Å². The van der Waals surface area contributed by atoms with E-state index in [0.29, 0.717) is 19.0 Å². The zero-order chi connectivity index (χ0) is 11.9. The van der Waals surface area contributed by atoms with E-state index in [1.54, 1.807) is 0 Å². The lowest BCUT2D eigenvalue weighted by Crippen LogP contribution is -2.43. The van der Waals surface area contributed by atoms with Crippen molar-refractivity contribution in [2.75, 3.05) is 19.7 Å². The molecule has 0 aliphatic carbocycles. The Bertz CT molecular complexity index is 193. The maximum absolute atomic E-state index is 11.7. The predicted octanol–water partition coefficient (Wildman–Crippen LogP) is 0.496. The van der Waals surface area contributed by atoms with Crippen LogP contribution in [0.1, 0.15) is 33.6 Å². The van der Waals surface area contributed by atoms with Gasteiger partial charge in [0.05, 0.1) is 5.41 Å². The summed E-state index contributed by atoms with van der Waals surface area (Å²) < 4.78 is 0. The van der Waals surface area contributed by atoms with Gasteiger partial charge in [0.25, 0.3) is 0 Å². The molecule has 0 aliphatic rings. The van der Waals surface area contributed by atoms with Gasteiger partial charge in [-0.25, -0.2) is 0 Å². The number of hydrogen-bond acceptors (Lipinski definition) is 3. The van der Waals surface area contributed by atoms with Crippen molar-refractivity contribution in [1.29, 1.82) is 0 Å². The third kappa shape index (κ3) is 5.14. The van der Waals surface area contributed by atoms with Gasteiger partial charge in [0.1, 0.15) is 0 Å². The van der Waals surface area contributed by atoms with E-state index in [9.17, 15) is 4.79 Å². The highest BCUT2D eigenvalue weighted by Gasteiger charge is 2.25. The lowest BCUT2D eigenvalue weighted by Gasteiger charge is -2.23. The van der Waals surface area contributed by atoms with Crippen molar-refractivity contribution in [3.8, 4) is 0 Å². The number of rotatable bonds is 7. The van der Waals surface area contributed by atoms with Crippen LogP contribution in [0.2, 0.25) is 0 Å². The van der Waals surface area contributed by atoms with E-state index in [1.807, 2.05) is 13.8 Å². The molecule has 0 rings (SSSR count). The lowest BCUT2D eigenvalue weighted by atomic mass is 9.92. The molecule has 4 heteroatoms. The number of hydrogen-bond donors (Lipinski definition) is 3. The number of aliphatic hydroxyl groups excluding tert-OH is 1. The van der Waals surface area contributed by atoms with E-state index in [-0.39, 0.29) is 12.5 Å². The van der Waals surface area contributed by atoms with Gasteiger partial charge in [-0.1, -0.05) is 13.3 Å². The first-order chi connectivity index (χ1) is 6.97. The maximum atomic E-state index is 11.7. The van der Waals surface area contributed by atoms with Gasteiger partial charge in [-0.15, -0.1) is 0 Å². The average Bonchev–Trinajstić information content (AvgIpc) is 2.23. The van der Waals surface area contributed by atoms with Gasteiger partial charge >= 0.3 is 0 Å². The van der Waals surface area contributed by atoms with E-state index < -0.39 is 5.41 Å². The molecular weight excluding hydrogens is 192 g/mol. The summed E-state index contributed by atoms with van der Waals surface area (Å²) in [5, 5.41) is 11.7. The predicted molar refractivity (Wildman–Crippen MR) is 61.3 cm³/mol. The molecular formula is C11H24N2O2. The summed E-state index contributed by atoms with van der Waals surface area (Å²) in [6.45, 7) is 6.86. The van der Waals surface area contributed by atoms with Crippen LogP contribution in [0.3, 0.4) is 0 Å². The molecule has 1 amide bonds. The molecule has 0 radical (unpaired) electrons. The highest BCUT2D eigenvalue weighted by molar-refractivity contribution is 5.81. The molecule has 0 aliphatic heterocycles. The minimum absolute atomic E-state index is 0.0126. The number of carbonyl (C=O) groups excluding carboxylic acids is 1. The van der Waals surface area contributed by atoms with E-state index in [4.69, 9.17) is 10.8 Å². The Hall–Kier alpha value is -0.610. The first-order valence-electron chi connectivity index (χ1n) is 5.57. The average molecular weight is 216 g/mol. The van der Waals surface area contributed by atoms with Gasteiger partial charge < -0.3 is 16.2 Å². The van der Waals surface area contributed by atoms with Crippen LogP contribution < -0.4 is 11.1 Å². The van der Waals surface area contributed by atoms with Gasteiger partial charge in [0.15, 0.2) is 0 Å². The zero-order valence-electron chi connectivity index (χ0n) is 10.0. The molecule has 4 nitrogen and oxygen atoms in total. The van der Waals surface area contributed by atoms with E-state index >= 15 is 0 Å². The first kappa shape index (κ1) is 14.4. The summed E-state index contributed by atoms with van der Waals surface area (Å²) in [6.07, 6.45) is 1.70. The largest absolute Gasteiger partial charge is 0.396 e. The SMILES string of the molecule is CCC(CCO)CNC(=O)C(C)(C)CN. The van der Waals surface area contributed by atoms with Crippen LogP contribution in [0.25, 0.3) is 0 Å². The second-order valence-corrected chi connectivity index (χ2v) is 4.58. The van der Waals surface area contributed by atoms with Crippen LogP contribution in [0, 0.1) is 11.3 Å². The van der Waals surface area contributed by atoms with Crippen molar-refractivity contribution in [2.45, 2.75) is 33.6 Å². The number of amides is 1. The van der Waals surface area contributed by atoms with Gasteiger partial charge in [-0.2, -0.15) is 0 Å². The summed E-state index contributed by atoms with van der Waals surface area (Å²) in [7, 11) is 0. The topological polar surface area (TPSA) is 75.3 Å². The normalized spacial score (nSPS) is 13.7. The number of nitrogens with two attached hydrogens (primary N) is 1. The van der Waals surface area contributed by atoms with Crippen LogP contribution in [0.15, 0.2) is 0 Å². The molecule has 15 heavy (non-hydrogen) atoms. The monoisotopic (exact) mass is 216 g/mol. The molecule has 0 aromatic carbocycles. The molecule has 0 aromatic heterocycles. The fourth-order valence-electron chi connectivity index (χ4n) is 1.20. The molecule has 0 spiro atoms. The summed E-state index contributed by atoms with van der Waals surface area (Å²) >= 11 is 0. The van der Waals surface area contributed by atoms with Crippen molar-refractivity contribution >= 4 is 5.91 Å². The van der Waals surface area contributed by atoms with Crippen molar-refractivity contribution < 1.29 is 9.90 Å². The van der Waals surface area contributed by atoms with Gasteiger partial charge in [0.2, 0.25) is 5.91 Å². The van der Waals surface area contributed by atoms with Crippen molar-refractivity contribution in [3.63, 3.8) is 0 Å². The Morgan fingerprint density at radius 3 is 2.53 bits per heavy atom. The van der Waals surface area contributed by atoms with E-state index in [2.05, 4.69) is 12.2 Å². The molecule has 0 heterocycles. The van der Waals surface area contributed by atoms with Crippen LogP contribution in [-0.2, 0) is 4.79 Å². The quantitative estimate of drug-likeness (QED) is 0.580. The number of carbonyl (C=O) groups is 1. The molecule has 0 aromatic rings. The highest BCUT2D eigenvalue weighted by Crippen LogP contribution is 2.13. The molecule has 0 saturated heterocycles. The molecule has 0 saturated carbocycles. The molecule has 0 fully saturated rings. The second kappa shape index (κ2) is 6.80. The smallest absolute Gasteiger partial charge is 0.226 e. The van der Waals surface area contributed by atoms with Gasteiger partial charge in [0, 0.05) is 19.7 Å². The third-order valence-corrected chi connectivity index (χ3v) is 2.79. The zero-order valence-corrected chi connectivity index (χ0v) is 10.0. The van der Waals surface area contributed by atoms with Crippen LogP contribution >= 0.6 is 0 Å². The molecule has 0 bridgehead atoms. The van der Waals surface area contributed by atoms with Crippen molar-refractivity contribution in [3.05, 3.63) is 0 Å². The van der Waals surface area contributed by atoms with E-state index in [1.165, 1.54) is 0 Å². The fraction of sp³-hybridized carbons (Fsp3) is 0.909. The molecule has 1 unspecified atom stereocenters. The van der Waals surface area contributed by atoms with Crippen LogP contribution in [0.4, 0.5) is 0 Å². The lowest BCUT2D eigenvalue weighted by molar-refractivity contribution is -0.129. The van der Waals surface area contributed by atoms with Crippen LogP contribution in [-0.4, -0.2) is 30.7 Å². The Kier molecular flexibility index (Phi) is 6.52. The summed E-state index contributed by atoms with van der Waals surface area (Å²) in [5.74, 6) is 0.342. The van der Waals surface area contributed by atoms with Crippen molar-refractivity contribution in [2.24, 2.45) is 17.1 Å². The van der Waals surface area contributed by atoms with Gasteiger partial charge in [-0.3, -0.25) is 4.79 Å². The van der Waals surface area contributed by atoms with Gasteiger partial charge in [-0.05, 0) is 26.2 Å². The summed E-state index contributed by atoms with van der Waals surface area (Å²) in [5.41, 5.74) is 5.00. The molecule has 4 N–H and O–H groups in total. The minimum atomic E-state index is -0.502. The first-order valence-corrected chi connectivity index (χ1v) is 5.57. The maximum Gasteiger partial charge on any atom is 0.226 e. The summed E-state index contributed by atoms with van der Waals surface area (Å²) in [4.78, 5) is 11.7. The fourth-order valence-corrected chi connectivity index (χ4v) is 1.20. The third-order valence-electron chi connectivity index (χ3n) is 2.79. The van der Waals surface area contributed by atoms with Crippen molar-refractivity contribution in [1.82, 2.24) is 5.32 Å². The second-order valence-electron chi connectivity index (χ2n) is 4.58. The standard InChI is InChI=1S/C11H24N2O2/c1-4-9(5-6-14)7-13-10(15)11(2,3)8-12/h9,14H,4-8,12H2,1-3H3,(H,13,15). The Balaban J connectivity index is 3.98. The van der Waals surface area contributed by atoms with Crippen LogP contribution in [0.5, 0.6) is 0 Å². The Morgan fingerprint density at radius 2 is 2.13 bits per heavy atom. The highest BCUT2D eigenvalue weighted by atomic mass is 16.3. The minimum Gasteiger partial charge on any atom is -0.396 e. The Labute approximate surface area is 92.2 Å². The molecule has 90 valence electrons. The summed E-state index contributed by atoms with van der Waals surface area (Å²) in [6, 6.07) is 0. The Morgan fingerprint density at radius 1 is 1.53 bits per heavy atom.